The zero-order valence-electron chi connectivity index (χ0n) is 17.6. The molecule has 0 aliphatic rings. The van der Waals surface area contributed by atoms with E-state index in [1.54, 1.807) is 77.5 Å². The third-order valence-corrected chi connectivity index (χ3v) is 6.50. The lowest BCUT2D eigenvalue weighted by Gasteiger charge is -2.08. The van der Waals surface area contributed by atoms with E-state index in [0.29, 0.717) is 11.4 Å². The van der Waals surface area contributed by atoms with Gasteiger partial charge in [0, 0.05) is 45.7 Å². The number of anilines is 2. The molecule has 0 aliphatic carbocycles. The first kappa shape index (κ1) is 21.6. The Hall–Kier alpha value is -4.21. The van der Waals surface area contributed by atoms with Crippen molar-refractivity contribution in [2.24, 2.45) is 0 Å². The molecule has 5 rings (SSSR count). The lowest BCUT2D eigenvalue weighted by atomic mass is 10.2. The molecule has 0 saturated heterocycles. The van der Waals surface area contributed by atoms with Crippen LogP contribution in [0.25, 0.3) is 21.1 Å². The van der Waals surface area contributed by atoms with Crippen LogP contribution in [0.3, 0.4) is 0 Å². The molecule has 0 radical (unpaired) electrons. The summed E-state index contributed by atoms with van der Waals surface area (Å²) in [4.78, 5) is 38.2. The second-order valence-electron chi connectivity index (χ2n) is 7.15. The van der Waals surface area contributed by atoms with Crippen molar-refractivity contribution >= 4 is 45.9 Å². The molecule has 0 spiro atoms. The Balaban J connectivity index is 1.24. The van der Waals surface area contributed by atoms with E-state index >= 15 is 0 Å². The van der Waals surface area contributed by atoms with Gasteiger partial charge in [-0.25, -0.2) is 15.0 Å². The maximum Gasteiger partial charge on any atom is 0.274 e. The van der Waals surface area contributed by atoms with Gasteiger partial charge in [0.2, 0.25) is 0 Å². The van der Waals surface area contributed by atoms with E-state index < -0.39 is 11.8 Å². The summed E-state index contributed by atoms with van der Waals surface area (Å²) in [7, 11) is 0. The van der Waals surface area contributed by atoms with Crippen LogP contribution in [-0.4, -0.2) is 26.8 Å². The molecule has 34 heavy (non-hydrogen) atoms. The molecule has 2 N–H and O–H groups in total. The maximum atomic E-state index is 12.7. The first-order chi connectivity index (χ1) is 16.7. The highest BCUT2D eigenvalue weighted by molar-refractivity contribution is 7.13. The first-order valence-corrected chi connectivity index (χ1v) is 12.0. The van der Waals surface area contributed by atoms with Gasteiger partial charge in [-0.15, -0.1) is 22.7 Å². The van der Waals surface area contributed by atoms with Crippen molar-refractivity contribution in [3.63, 3.8) is 0 Å². The fraction of sp³-hybridized carbons (Fsp3) is 0. The molecule has 0 unspecified atom stereocenters. The van der Waals surface area contributed by atoms with Crippen molar-refractivity contribution in [1.82, 2.24) is 15.0 Å². The largest absolute Gasteiger partial charge is 0.321 e. The molecule has 0 aliphatic heterocycles. The first-order valence-electron chi connectivity index (χ1n) is 10.3. The number of aromatic nitrogens is 3. The summed E-state index contributed by atoms with van der Waals surface area (Å²) >= 11 is 3.10. The van der Waals surface area contributed by atoms with Crippen LogP contribution in [0.2, 0.25) is 0 Å². The standard InChI is InChI=1S/C25H17N5O2S2/c31-22(28-18-8-4-16(5-9-18)24-26-12-14-33-24)20-2-1-3-21(30-20)23(32)29-19-10-6-17(7-11-19)25-27-13-15-34-25/h1-15H,(H,28,31)(H,29,32). The fourth-order valence-electron chi connectivity index (χ4n) is 3.20. The minimum atomic E-state index is -0.399. The molecule has 2 aromatic carbocycles. The highest BCUT2D eigenvalue weighted by atomic mass is 32.1. The number of hydrogen-bond acceptors (Lipinski definition) is 7. The van der Waals surface area contributed by atoms with Crippen molar-refractivity contribution in [2.45, 2.75) is 0 Å². The Morgan fingerprint density at radius 1 is 0.618 bits per heavy atom. The number of carbonyl (C=O) groups is 2. The number of nitrogens with zero attached hydrogens (tertiary/aromatic N) is 3. The van der Waals surface area contributed by atoms with Crippen LogP contribution in [0.4, 0.5) is 11.4 Å². The van der Waals surface area contributed by atoms with Crippen LogP contribution < -0.4 is 10.6 Å². The highest BCUT2D eigenvalue weighted by Gasteiger charge is 2.13. The Kier molecular flexibility index (Phi) is 6.19. The highest BCUT2D eigenvalue weighted by Crippen LogP contribution is 2.24. The SMILES string of the molecule is O=C(Nc1ccc(-c2nccs2)cc1)c1cccc(C(=O)Nc2ccc(-c3nccs3)cc2)n1. The molecule has 0 bridgehead atoms. The number of carbonyl (C=O) groups excluding carboxylic acids is 2. The van der Waals surface area contributed by atoms with Gasteiger partial charge in [-0.2, -0.15) is 0 Å². The summed E-state index contributed by atoms with van der Waals surface area (Å²) in [6.45, 7) is 0. The number of pyridine rings is 1. The minimum absolute atomic E-state index is 0.149. The van der Waals surface area contributed by atoms with E-state index in [-0.39, 0.29) is 11.4 Å². The number of thiazole rings is 2. The molecule has 0 atom stereocenters. The summed E-state index contributed by atoms with van der Waals surface area (Å²) < 4.78 is 0. The molecular formula is C25H17N5O2S2. The summed E-state index contributed by atoms with van der Waals surface area (Å²) in [5.74, 6) is -0.797. The molecule has 3 heterocycles. The number of hydrogen-bond donors (Lipinski definition) is 2. The summed E-state index contributed by atoms with van der Waals surface area (Å²) in [5, 5.41) is 11.3. The van der Waals surface area contributed by atoms with Crippen molar-refractivity contribution in [1.29, 1.82) is 0 Å². The molecule has 7 nitrogen and oxygen atoms in total. The molecule has 0 fully saturated rings. The van der Waals surface area contributed by atoms with Gasteiger partial charge >= 0.3 is 0 Å². The van der Waals surface area contributed by atoms with Gasteiger partial charge in [0.15, 0.2) is 0 Å². The van der Waals surface area contributed by atoms with E-state index in [1.807, 2.05) is 35.0 Å². The van der Waals surface area contributed by atoms with Crippen LogP contribution in [0.5, 0.6) is 0 Å². The van der Waals surface area contributed by atoms with E-state index in [9.17, 15) is 9.59 Å². The molecule has 2 amide bonds. The maximum absolute atomic E-state index is 12.7. The third kappa shape index (κ3) is 4.90. The zero-order valence-corrected chi connectivity index (χ0v) is 19.3. The topological polar surface area (TPSA) is 96.9 Å². The Morgan fingerprint density at radius 3 is 1.44 bits per heavy atom. The van der Waals surface area contributed by atoms with Crippen LogP contribution in [0.1, 0.15) is 21.0 Å². The Bertz CT molecular complexity index is 1310. The van der Waals surface area contributed by atoms with Gasteiger partial charge in [0.05, 0.1) is 0 Å². The summed E-state index contributed by atoms with van der Waals surface area (Å²) in [5.41, 5.74) is 3.50. The van der Waals surface area contributed by atoms with Crippen LogP contribution in [-0.2, 0) is 0 Å². The minimum Gasteiger partial charge on any atom is -0.321 e. The van der Waals surface area contributed by atoms with Crippen LogP contribution >= 0.6 is 22.7 Å². The number of benzene rings is 2. The molecular weight excluding hydrogens is 466 g/mol. The van der Waals surface area contributed by atoms with Gasteiger partial charge in [-0.3, -0.25) is 9.59 Å². The second-order valence-corrected chi connectivity index (χ2v) is 8.93. The molecule has 5 aromatic rings. The molecule has 3 aromatic heterocycles. The van der Waals surface area contributed by atoms with E-state index in [4.69, 9.17) is 0 Å². The molecule has 166 valence electrons. The molecule has 0 saturated carbocycles. The average Bonchev–Trinajstić information content (AvgIpc) is 3.60. The van der Waals surface area contributed by atoms with Crippen LogP contribution in [0.15, 0.2) is 89.9 Å². The van der Waals surface area contributed by atoms with E-state index in [0.717, 1.165) is 21.1 Å². The van der Waals surface area contributed by atoms with Gasteiger partial charge in [0.1, 0.15) is 21.4 Å². The normalized spacial score (nSPS) is 10.6. The quantitative estimate of drug-likeness (QED) is 0.317. The average molecular weight is 484 g/mol. The number of nitrogens with one attached hydrogen (secondary N) is 2. The third-order valence-electron chi connectivity index (χ3n) is 4.86. The fourth-order valence-corrected chi connectivity index (χ4v) is 4.49. The van der Waals surface area contributed by atoms with Gasteiger partial charge in [0.25, 0.3) is 11.8 Å². The van der Waals surface area contributed by atoms with Crippen LogP contribution in [0, 0.1) is 0 Å². The number of amides is 2. The Morgan fingerprint density at radius 2 is 1.06 bits per heavy atom. The predicted octanol–water partition coefficient (Wildman–Crippen LogP) is 5.83. The van der Waals surface area contributed by atoms with Gasteiger partial charge in [-0.05, 0) is 60.7 Å². The smallest absolute Gasteiger partial charge is 0.274 e. The van der Waals surface area contributed by atoms with Crippen molar-refractivity contribution in [3.8, 4) is 21.1 Å². The lowest BCUT2D eigenvalue weighted by molar-refractivity contribution is 0.101. The van der Waals surface area contributed by atoms with Crippen molar-refractivity contribution in [2.75, 3.05) is 10.6 Å². The second kappa shape index (κ2) is 9.74. The van der Waals surface area contributed by atoms with Crippen molar-refractivity contribution in [3.05, 3.63) is 101 Å². The summed E-state index contributed by atoms with van der Waals surface area (Å²) in [6, 6.07) is 19.6. The monoisotopic (exact) mass is 483 g/mol. The van der Waals surface area contributed by atoms with E-state index in [1.165, 1.54) is 0 Å². The lowest BCUT2D eigenvalue weighted by Crippen LogP contribution is -2.18. The van der Waals surface area contributed by atoms with Crippen molar-refractivity contribution < 1.29 is 9.59 Å². The molecule has 9 heteroatoms. The van der Waals surface area contributed by atoms with Gasteiger partial charge < -0.3 is 10.6 Å². The predicted molar refractivity (Wildman–Crippen MR) is 135 cm³/mol. The Labute approximate surface area is 203 Å². The summed E-state index contributed by atoms with van der Waals surface area (Å²) in [6.07, 6.45) is 3.50. The van der Waals surface area contributed by atoms with E-state index in [2.05, 4.69) is 25.6 Å². The zero-order chi connectivity index (χ0) is 23.3. The van der Waals surface area contributed by atoms with Gasteiger partial charge in [-0.1, -0.05) is 6.07 Å². The number of rotatable bonds is 6.